The first-order valence-electron chi connectivity index (χ1n) is 4.97. The van der Waals surface area contributed by atoms with E-state index in [1.165, 1.54) is 16.8 Å². The molecule has 0 bridgehead atoms. The summed E-state index contributed by atoms with van der Waals surface area (Å²) in [5.41, 5.74) is 4.38. The summed E-state index contributed by atoms with van der Waals surface area (Å²) in [5.74, 6) is 0. The van der Waals surface area contributed by atoms with E-state index in [4.69, 9.17) is 10.5 Å². The highest BCUT2D eigenvalue weighted by Gasteiger charge is 2.34. The summed E-state index contributed by atoms with van der Waals surface area (Å²) >= 11 is 0. The Morgan fingerprint density at radius 1 is 1.62 bits per heavy atom. The molecule has 1 fully saturated rings. The van der Waals surface area contributed by atoms with Crippen LogP contribution in [0.5, 0.6) is 0 Å². The number of nitrogens with two attached hydrogens (primary N) is 1. The summed E-state index contributed by atoms with van der Waals surface area (Å²) in [6, 6.07) is 1.23. The van der Waals surface area contributed by atoms with E-state index < -0.39 is 29.7 Å². The van der Waals surface area contributed by atoms with Crippen LogP contribution in [0.15, 0.2) is 21.9 Å². The Morgan fingerprint density at radius 3 is 2.94 bits per heavy atom. The molecule has 1 aliphatic rings. The molecule has 1 aromatic rings. The molecule has 16 heavy (non-hydrogen) atoms. The molecule has 7 heteroatoms. The van der Waals surface area contributed by atoms with Gasteiger partial charge in [-0.1, -0.05) is 0 Å². The van der Waals surface area contributed by atoms with Crippen molar-refractivity contribution >= 4 is 0 Å². The van der Waals surface area contributed by atoms with E-state index in [2.05, 4.69) is 4.98 Å². The molecule has 3 atom stereocenters. The summed E-state index contributed by atoms with van der Waals surface area (Å²) in [7, 11) is 0. The lowest BCUT2D eigenvalue weighted by Crippen LogP contribution is -2.32. The van der Waals surface area contributed by atoms with Gasteiger partial charge in [0.2, 0.25) is 0 Å². The Balaban J connectivity index is 2.27. The van der Waals surface area contributed by atoms with Crippen LogP contribution < -0.4 is 17.0 Å². The minimum atomic E-state index is -0.686. The van der Waals surface area contributed by atoms with Gasteiger partial charge < -0.3 is 15.6 Å². The van der Waals surface area contributed by atoms with Crippen LogP contribution in [-0.4, -0.2) is 33.4 Å². The number of aromatic nitrogens is 2. The second-order valence-corrected chi connectivity index (χ2v) is 3.69. The quantitative estimate of drug-likeness (QED) is 0.549. The number of ether oxygens (including phenoxy) is 1. The van der Waals surface area contributed by atoms with Crippen molar-refractivity contribution in [1.82, 2.24) is 9.55 Å². The van der Waals surface area contributed by atoms with Gasteiger partial charge in [-0.2, -0.15) is 0 Å². The highest BCUT2D eigenvalue weighted by Crippen LogP contribution is 2.26. The number of rotatable bonds is 2. The number of aliphatic hydroxyl groups is 1. The third-order valence-electron chi connectivity index (χ3n) is 2.60. The number of aliphatic hydroxyl groups excluding tert-OH is 1. The molecule has 1 aliphatic heterocycles. The van der Waals surface area contributed by atoms with Crippen LogP contribution in [0.4, 0.5) is 0 Å². The van der Waals surface area contributed by atoms with E-state index in [1.807, 2.05) is 0 Å². The Labute approximate surface area is 90.5 Å². The summed E-state index contributed by atoms with van der Waals surface area (Å²) in [4.78, 5) is 24.4. The number of aromatic amines is 1. The summed E-state index contributed by atoms with van der Waals surface area (Å²) < 4.78 is 6.63. The molecule has 0 radical (unpaired) electrons. The van der Waals surface area contributed by atoms with Gasteiger partial charge in [-0.05, 0) is 0 Å². The van der Waals surface area contributed by atoms with Crippen LogP contribution in [-0.2, 0) is 4.74 Å². The fourth-order valence-corrected chi connectivity index (χ4v) is 1.75. The molecule has 1 unspecified atom stereocenters. The molecular formula is C9H13N3O4. The van der Waals surface area contributed by atoms with Crippen LogP contribution >= 0.6 is 0 Å². The van der Waals surface area contributed by atoms with Crippen LogP contribution in [0.3, 0.4) is 0 Å². The smallest absolute Gasteiger partial charge is 0.330 e. The van der Waals surface area contributed by atoms with Crippen LogP contribution in [0, 0.1) is 0 Å². The lowest BCUT2D eigenvalue weighted by Gasteiger charge is -2.13. The Bertz CT molecular complexity index is 480. The van der Waals surface area contributed by atoms with E-state index in [9.17, 15) is 14.7 Å². The number of hydrogen-bond donors (Lipinski definition) is 3. The normalized spacial score (nSPS) is 29.5. The fraction of sp³-hybridized carbons (Fsp3) is 0.556. The fourth-order valence-electron chi connectivity index (χ4n) is 1.75. The molecule has 0 saturated carbocycles. The van der Waals surface area contributed by atoms with E-state index in [1.54, 1.807) is 0 Å². The van der Waals surface area contributed by atoms with E-state index in [-0.39, 0.29) is 13.0 Å². The maximum Gasteiger partial charge on any atom is 0.330 e. The summed E-state index contributed by atoms with van der Waals surface area (Å²) in [6.07, 6.45) is -0.101. The average molecular weight is 227 g/mol. The van der Waals surface area contributed by atoms with Gasteiger partial charge in [0, 0.05) is 25.2 Å². The van der Waals surface area contributed by atoms with Gasteiger partial charge in [0.15, 0.2) is 0 Å². The van der Waals surface area contributed by atoms with Crippen molar-refractivity contribution in [1.29, 1.82) is 0 Å². The highest BCUT2D eigenvalue weighted by atomic mass is 16.5. The first-order valence-corrected chi connectivity index (χ1v) is 4.97. The lowest BCUT2D eigenvalue weighted by molar-refractivity contribution is -0.0151. The Morgan fingerprint density at radius 2 is 2.38 bits per heavy atom. The molecule has 0 amide bonds. The van der Waals surface area contributed by atoms with Gasteiger partial charge >= 0.3 is 5.69 Å². The number of hydrogen-bond acceptors (Lipinski definition) is 5. The lowest BCUT2D eigenvalue weighted by atomic mass is 10.2. The Hall–Kier alpha value is -1.44. The zero-order valence-corrected chi connectivity index (χ0v) is 8.50. The van der Waals surface area contributed by atoms with Gasteiger partial charge in [-0.25, -0.2) is 4.79 Å². The molecule has 0 spiro atoms. The Kier molecular flexibility index (Phi) is 2.90. The minimum Gasteiger partial charge on any atom is -0.390 e. The predicted octanol–water partition coefficient (Wildman–Crippen LogP) is -1.86. The summed E-state index contributed by atoms with van der Waals surface area (Å²) in [5, 5.41) is 9.57. The van der Waals surface area contributed by atoms with Crippen LogP contribution in [0.25, 0.3) is 0 Å². The van der Waals surface area contributed by atoms with Crippen LogP contribution in [0.2, 0.25) is 0 Å². The van der Waals surface area contributed by atoms with Crippen molar-refractivity contribution in [3.05, 3.63) is 33.1 Å². The number of nitrogens with one attached hydrogen (secondary N) is 1. The second kappa shape index (κ2) is 4.20. The third-order valence-corrected chi connectivity index (χ3v) is 2.60. The van der Waals surface area contributed by atoms with Gasteiger partial charge in [-0.3, -0.25) is 14.3 Å². The standard InChI is InChI=1S/C9H13N3O4/c10-4-6-5(13)3-8(16-6)12-2-1-7(14)11-9(12)15/h1-2,5-6,8,13H,3-4,10H2,(H,11,14,15)/t5?,6-,8-/m0/s1. The van der Waals surface area contributed by atoms with E-state index in [0.29, 0.717) is 0 Å². The summed E-state index contributed by atoms with van der Waals surface area (Å²) in [6.45, 7) is 0.190. The van der Waals surface area contributed by atoms with Crippen molar-refractivity contribution in [3.8, 4) is 0 Å². The zero-order chi connectivity index (χ0) is 11.7. The van der Waals surface area contributed by atoms with Crippen molar-refractivity contribution in [2.45, 2.75) is 24.9 Å². The predicted molar refractivity (Wildman–Crippen MR) is 54.9 cm³/mol. The number of H-pyrrole nitrogens is 1. The topological polar surface area (TPSA) is 110 Å². The van der Waals surface area contributed by atoms with Gasteiger partial charge in [0.25, 0.3) is 5.56 Å². The molecule has 7 nitrogen and oxygen atoms in total. The minimum absolute atomic E-state index is 0.190. The molecular weight excluding hydrogens is 214 g/mol. The first kappa shape index (κ1) is 11.1. The van der Waals surface area contributed by atoms with Crippen molar-refractivity contribution < 1.29 is 9.84 Å². The zero-order valence-electron chi connectivity index (χ0n) is 8.50. The molecule has 2 rings (SSSR count). The van der Waals surface area contributed by atoms with Crippen molar-refractivity contribution in [3.63, 3.8) is 0 Å². The molecule has 4 N–H and O–H groups in total. The van der Waals surface area contributed by atoms with E-state index in [0.717, 1.165) is 0 Å². The SMILES string of the molecule is NC[C@@H]1O[C@H](n2ccc(=O)[nH]c2=O)CC1O. The molecule has 1 saturated heterocycles. The maximum absolute atomic E-state index is 11.4. The van der Waals surface area contributed by atoms with Crippen LogP contribution in [0.1, 0.15) is 12.6 Å². The molecule has 88 valence electrons. The van der Waals surface area contributed by atoms with Gasteiger partial charge in [-0.15, -0.1) is 0 Å². The average Bonchev–Trinajstić information content (AvgIpc) is 2.59. The first-order chi connectivity index (χ1) is 7.61. The van der Waals surface area contributed by atoms with Gasteiger partial charge in [0.1, 0.15) is 6.23 Å². The molecule has 2 heterocycles. The van der Waals surface area contributed by atoms with Crippen molar-refractivity contribution in [2.75, 3.05) is 6.54 Å². The largest absolute Gasteiger partial charge is 0.390 e. The van der Waals surface area contributed by atoms with Crippen molar-refractivity contribution in [2.24, 2.45) is 5.73 Å². The molecule has 0 aromatic carbocycles. The number of nitrogens with zero attached hydrogens (tertiary/aromatic N) is 1. The monoisotopic (exact) mass is 227 g/mol. The van der Waals surface area contributed by atoms with E-state index >= 15 is 0 Å². The highest BCUT2D eigenvalue weighted by molar-refractivity contribution is 4.88. The third kappa shape index (κ3) is 1.92. The van der Waals surface area contributed by atoms with Gasteiger partial charge in [0.05, 0.1) is 12.2 Å². The molecule has 0 aliphatic carbocycles. The molecule has 1 aromatic heterocycles. The maximum atomic E-state index is 11.4. The second-order valence-electron chi connectivity index (χ2n) is 3.69.